The molecule has 0 unspecified atom stereocenters. The third-order valence-corrected chi connectivity index (χ3v) is 2.38. The van der Waals surface area contributed by atoms with Gasteiger partial charge in [0, 0.05) is 19.4 Å². The summed E-state index contributed by atoms with van der Waals surface area (Å²) in [7, 11) is 1.50. The van der Waals surface area contributed by atoms with E-state index in [1.807, 2.05) is 0 Å². The molecule has 1 aromatic rings. The zero-order valence-electron chi connectivity index (χ0n) is 11.7. The highest BCUT2D eigenvalue weighted by Crippen LogP contribution is 2.07. The molecule has 7 heteroatoms. The van der Waals surface area contributed by atoms with Crippen molar-refractivity contribution in [2.75, 3.05) is 20.3 Å². The fraction of sp³-hybridized carbons (Fsp3) is 0.286. The minimum Gasteiger partial charge on any atom is -0.384 e. The minimum atomic E-state index is -0.491. The number of hydrogen-bond donors (Lipinski definition) is 2. The highest BCUT2D eigenvalue weighted by molar-refractivity contribution is 5.98. The van der Waals surface area contributed by atoms with Crippen molar-refractivity contribution >= 4 is 23.8 Å². The molecule has 21 heavy (non-hydrogen) atoms. The van der Waals surface area contributed by atoms with Crippen LogP contribution in [0.2, 0.25) is 0 Å². The largest absolute Gasteiger partial charge is 0.384 e. The highest BCUT2D eigenvalue weighted by atomic mass is 16.5. The Kier molecular flexibility index (Phi) is 7.37. The van der Waals surface area contributed by atoms with Gasteiger partial charge in [-0.3, -0.25) is 14.6 Å². The topological polar surface area (TPSA) is 97.4 Å². The van der Waals surface area contributed by atoms with Gasteiger partial charge in [0.05, 0.1) is 31.0 Å². The molecule has 0 saturated carbocycles. The first kappa shape index (κ1) is 16.5. The Bertz CT molecular complexity index is 514. The molecule has 1 heterocycles. The van der Waals surface area contributed by atoms with Crippen molar-refractivity contribution in [2.24, 2.45) is 0 Å². The van der Waals surface area contributed by atoms with Gasteiger partial charge < -0.3 is 20.2 Å². The van der Waals surface area contributed by atoms with E-state index < -0.39 is 5.91 Å². The van der Waals surface area contributed by atoms with Crippen molar-refractivity contribution in [3.8, 4) is 0 Å². The fourth-order valence-corrected chi connectivity index (χ4v) is 1.43. The summed E-state index contributed by atoms with van der Waals surface area (Å²) in [6.45, 7) is 0.182. The second kappa shape index (κ2) is 9.38. The molecule has 0 saturated heterocycles. The van der Waals surface area contributed by atoms with E-state index in [0.717, 1.165) is 0 Å². The number of aldehydes is 1. The van der Waals surface area contributed by atoms with Crippen LogP contribution in [-0.4, -0.2) is 43.3 Å². The van der Waals surface area contributed by atoms with Crippen molar-refractivity contribution in [3.05, 3.63) is 36.2 Å². The molecule has 7 nitrogen and oxygen atoms in total. The standard InChI is InChI=1S/C14H17N3O4/c1-21-9-5-13(19)17-12(10-14(20)16-7-8-18)11-4-2-3-6-15-11/h2-4,6,8,10H,5,7,9H2,1H3,(H,16,20)(H,17,19). The van der Waals surface area contributed by atoms with Crippen molar-refractivity contribution in [3.63, 3.8) is 0 Å². The average Bonchev–Trinajstić information content (AvgIpc) is 2.51. The summed E-state index contributed by atoms with van der Waals surface area (Å²) in [5.74, 6) is -0.785. The third-order valence-electron chi connectivity index (χ3n) is 2.38. The molecule has 0 spiro atoms. The lowest BCUT2D eigenvalue weighted by Gasteiger charge is -2.09. The molecule has 0 aliphatic rings. The highest BCUT2D eigenvalue weighted by Gasteiger charge is 2.10. The number of nitrogens with zero attached hydrogens (tertiary/aromatic N) is 1. The van der Waals surface area contributed by atoms with Crippen LogP contribution in [0.1, 0.15) is 12.1 Å². The van der Waals surface area contributed by atoms with E-state index in [2.05, 4.69) is 15.6 Å². The number of aromatic nitrogens is 1. The molecule has 0 aliphatic carbocycles. The molecule has 0 fully saturated rings. The van der Waals surface area contributed by atoms with Crippen molar-refractivity contribution in [1.82, 2.24) is 15.6 Å². The molecule has 2 N–H and O–H groups in total. The number of carbonyl (C=O) groups excluding carboxylic acids is 3. The first-order valence-electron chi connectivity index (χ1n) is 6.30. The molecule has 1 aromatic heterocycles. The van der Waals surface area contributed by atoms with Gasteiger partial charge >= 0.3 is 0 Å². The van der Waals surface area contributed by atoms with Gasteiger partial charge in [-0.15, -0.1) is 0 Å². The average molecular weight is 291 g/mol. The molecule has 0 atom stereocenters. The predicted molar refractivity (Wildman–Crippen MR) is 75.9 cm³/mol. The number of amides is 2. The maximum Gasteiger partial charge on any atom is 0.246 e. The quantitative estimate of drug-likeness (QED) is 0.514. The van der Waals surface area contributed by atoms with Crippen LogP contribution in [0.3, 0.4) is 0 Å². The summed E-state index contributed by atoms with van der Waals surface area (Å²) in [6, 6.07) is 5.12. The molecule has 2 amide bonds. The van der Waals surface area contributed by atoms with E-state index in [-0.39, 0.29) is 31.2 Å². The first-order chi connectivity index (χ1) is 10.2. The van der Waals surface area contributed by atoms with Crippen LogP contribution in [0, 0.1) is 0 Å². The Hall–Kier alpha value is -2.54. The van der Waals surface area contributed by atoms with Crippen LogP contribution >= 0.6 is 0 Å². The van der Waals surface area contributed by atoms with Gasteiger partial charge in [0.15, 0.2) is 0 Å². The monoisotopic (exact) mass is 291 g/mol. The van der Waals surface area contributed by atoms with Gasteiger partial charge in [-0.05, 0) is 12.1 Å². The number of nitrogens with one attached hydrogen (secondary N) is 2. The van der Waals surface area contributed by atoms with E-state index in [1.54, 1.807) is 24.4 Å². The van der Waals surface area contributed by atoms with E-state index in [4.69, 9.17) is 4.74 Å². The van der Waals surface area contributed by atoms with Crippen LogP contribution in [0.25, 0.3) is 5.70 Å². The Morgan fingerprint density at radius 2 is 2.19 bits per heavy atom. The normalized spacial score (nSPS) is 10.8. The van der Waals surface area contributed by atoms with Crippen LogP contribution < -0.4 is 10.6 Å². The number of methoxy groups -OCH3 is 1. The second-order valence-corrected chi connectivity index (χ2v) is 3.98. The summed E-state index contributed by atoms with van der Waals surface area (Å²) >= 11 is 0. The molecule has 0 bridgehead atoms. The van der Waals surface area contributed by atoms with Gasteiger partial charge in [-0.25, -0.2) is 0 Å². The van der Waals surface area contributed by atoms with Crippen LogP contribution in [-0.2, 0) is 19.1 Å². The zero-order valence-corrected chi connectivity index (χ0v) is 11.7. The Morgan fingerprint density at radius 3 is 2.81 bits per heavy atom. The van der Waals surface area contributed by atoms with Crippen molar-refractivity contribution in [2.45, 2.75) is 6.42 Å². The van der Waals surface area contributed by atoms with E-state index in [0.29, 0.717) is 12.0 Å². The fourth-order valence-electron chi connectivity index (χ4n) is 1.43. The molecule has 0 radical (unpaired) electrons. The lowest BCUT2D eigenvalue weighted by atomic mass is 10.2. The lowest BCUT2D eigenvalue weighted by molar-refractivity contribution is -0.120. The number of rotatable bonds is 8. The molecule has 0 aliphatic heterocycles. The number of ether oxygens (including phenoxy) is 1. The molecule has 0 aromatic carbocycles. The summed E-state index contributed by atoms with van der Waals surface area (Å²) in [5, 5.41) is 4.97. The number of pyridine rings is 1. The van der Waals surface area contributed by atoms with Gasteiger partial charge in [-0.2, -0.15) is 0 Å². The van der Waals surface area contributed by atoms with Crippen LogP contribution in [0.4, 0.5) is 0 Å². The van der Waals surface area contributed by atoms with E-state index in [1.165, 1.54) is 13.2 Å². The minimum absolute atomic E-state index is 0.0948. The molecular formula is C14H17N3O4. The summed E-state index contributed by atoms with van der Waals surface area (Å²) < 4.78 is 4.82. The van der Waals surface area contributed by atoms with Crippen molar-refractivity contribution in [1.29, 1.82) is 0 Å². The molecule has 112 valence electrons. The maximum absolute atomic E-state index is 11.7. The maximum atomic E-state index is 11.7. The summed E-state index contributed by atoms with van der Waals surface area (Å²) in [5.41, 5.74) is 0.713. The van der Waals surface area contributed by atoms with E-state index >= 15 is 0 Å². The predicted octanol–water partition coefficient (Wildman–Crippen LogP) is -0.110. The van der Waals surface area contributed by atoms with Crippen molar-refractivity contribution < 1.29 is 19.1 Å². The zero-order chi connectivity index (χ0) is 15.5. The van der Waals surface area contributed by atoms with Gasteiger partial charge in [0.25, 0.3) is 0 Å². The Labute approximate surface area is 122 Å². The third kappa shape index (κ3) is 6.44. The summed E-state index contributed by atoms with van der Waals surface area (Å²) in [6.07, 6.45) is 3.48. The number of carbonyl (C=O) groups is 3. The number of hydrogen-bond acceptors (Lipinski definition) is 5. The smallest absolute Gasteiger partial charge is 0.246 e. The molecular weight excluding hydrogens is 274 g/mol. The summed E-state index contributed by atoms with van der Waals surface area (Å²) in [4.78, 5) is 37.7. The Balaban J connectivity index is 2.85. The van der Waals surface area contributed by atoms with Gasteiger partial charge in [-0.1, -0.05) is 6.07 Å². The van der Waals surface area contributed by atoms with Crippen LogP contribution in [0.15, 0.2) is 30.5 Å². The SMILES string of the molecule is COCCC(=O)NC(=CC(=O)NCC=O)c1ccccn1. The van der Waals surface area contributed by atoms with Gasteiger partial charge in [0.2, 0.25) is 11.8 Å². The van der Waals surface area contributed by atoms with Gasteiger partial charge in [0.1, 0.15) is 6.29 Å². The Morgan fingerprint density at radius 1 is 1.38 bits per heavy atom. The van der Waals surface area contributed by atoms with Crippen LogP contribution in [0.5, 0.6) is 0 Å². The lowest BCUT2D eigenvalue weighted by Crippen LogP contribution is -2.27. The first-order valence-corrected chi connectivity index (χ1v) is 6.30. The second-order valence-electron chi connectivity index (χ2n) is 3.98. The molecule has 1 rings (SSSR count). The van der Waals surface area contributed by atoms with E-state index in [9.17, 15) is 14.4 Å².